The van der Waals surface area contributed by atoms with Gasteiger partial charge in [-0.25, -0.2) is 4.98 Å². The summed E-state index contributed by atoms with van der Waals surface area (Å²) in [7, 11) is 2.10. The van der Waals surface area contributed by atoms with Gasteiger partial charge in [0.15, 0.2) is 5.13 Å². The van der Waals surface area contributed by atoms with Gasteiger partial charge in [-0.1, -0.05) is 0 Å². The number of hydrogen-bond acceptors (Lipinski definition) is 4. The van der Waals surface area contributed by atoms with Gasteiger partial charge in [-0.15, -0.1) is 11.3 Å². The van der Waals surface area contributed by atoms with Crippen molar-refractivity contribution in [3.05, 3.63) is 11.6 Å². The first-order chi connectivity index (χ1) is 6.28. The molecule has 4 heteroatoms. The minimum Gasteiger partial charge on any atom is -0.344 e. The van der Waals surface area contributed by atoms with Crippen LogP contribution in [0.25, 0.3) is 0 Å². The molecule has 0 saturated heterocycles. The first kappa shape index (κ1) is 8.97. The molecule has 1 saturated carbocycles. The standard InChI is InChI=1S/C9H15N3S/c1-12(8-11-5-6-13-8)9(7-10)3-2-4-9/h5-6H,2-4,7,10H2,1H3. The Labute approximate surface area is 82.6 Å². The smallest absolute Gasteiger partial charge is 0.185 e. The number of likely N-dealkylation sites (N-methyl/N-ethyl adjacent to an activating group) is 1. The summed E-state index contributed by atoms with van der Waals surface area (Å²) in [6.07, 6.45) is 5.56. The van der Waals surface area contributed by atoms with E-state index in [1.165, 1.54) is 19.3 Å². The van der Waals surface area contributed by atoms with Gasteiger partial charge < -0.3 is 10.6 Å². The van der Waals surface area contributed by atoms with Crippen LogP contribution in [0.15, 0.2) is 11.6 Å². The predicted octanol–water partition coefficient (Wildman–Crippen LogP) is 1.46. The Bertz CT molecular complexity index is 261. The van der Waals surface area contributed by atoms with Crippen molar-refractivity contribution in [3.63, 3.8) is 0 Å². The van der Waals surface area contributed by atoms with Crippen molar-refractivity contribution in [2.75, 3.05) is 18.5 Å². The van der Waals surface area contributed by atoms with Crippen LogP contribution in [-0.2, 0) is 0 Å². The lowest BCUT2D eigenvalue weighted by Gasteiger charge is -2.48. The second-order valence-electron chi connectivity index (χ2n) is 3.66. The number of thiazole rings is 1. The van der Waals surface area contributed by atoms with Gasteiger partial charge in [-0.3, -0.25) is 0 Å². The maximum atomic E-state index is 5.81. The molecule has 2 rings (SSSR count). The lowest BCUT2D eigenvalue weighted by atomic mass is 9.76. The largest absolute Gasteiger partial charge is 0.344 e. The normalized spacial score (nSPS) is 19.5. The number of nitrogens with zero attached hydrogens (tertiary/aromatic N) is 2. The van der Waals surface area contributed by atoms with E-state index in [2.05, 4.69) is 16.9 Å². The molecule has 1 aromatic heterocycles. The highest BCUT2D eigenvalue weighted by molar-refractivity contribution is 7.13. The van der Waals surface area contributed by atoms with Crippen molar-refractivity contribution in [1.82, 2.24) is 4.98 Å². The van der Waals surface area contributed by atoms with Gasteiger partial charge in [-0.2, -0.15) is 0 Å². The van der Waals surface area contributed by atoms with E-state index < -0.39 is 0 Å². The van der Waals surface area contributed by atoms with Crippen molar-refractivity contribution in [3.8, 4) is 0 Å². The number of rotatable bonds is 3. The van der Waals surface area contributed by atoms with E-state index in [0.717, 1.165) is 11.7 Å². The summed E-state index contributed by atoms with van der Waals surface area (Å²) < 4.78 is 0. The molecule has 0 spiro atoms. The van der Waals surface area contributed by atoms with Crippen LogP contribution in [0.3, 0.4) is 0 Å². The second kappa shape index (κ2) is 3.27. The molecule has 0 bridgehead atoms. The summed E-state index contributed by atoms with van der Waals surface area (Å²) in [5.41, 5.74) is 6.02. The van der Waals surface area contributed by atoms with E-state index in [0.29, 0.717) is 0 Å². The maximum absolute atomic E-state index is 5.81. The molecule has 0 aromatic carbocycles. The Morgan fingerprint density at radius 1 is 1.69 bits per heavy atom. The van der Waals surface area contributed by atoms with Crippen LogP contribution in [0, 0.1) is 0 Å². The van der Waals surface area contributed by atoms with Crippen LogP contribution < -0.4 is 10.6 Å². The first-order valence-corrected chi connectivity index (χ1v) is 5.50. The summed E-state index contributed by atoms with van der Waals surface area (Å²) in [6, 6.07) is 0. The first-order valence-electron chi connectivity index (χ1n) is 4.62. The summed E-state index contributed by atoms with van der Waals surface area (Å²) in [5, 5.41) is 3.10. The third-order valence-corrected chi connectivity index (χ3v) is 3.93. The van der Waals surface area contributed by atoms with Gasteiger partial charge in [0.25, 0.3) is 0 Å². The average Bonchev–Trinajstić information content (AvgIpc) is 2.54. The highest BCUT2D eigenvalue weighted by Crippen LogP contribution is 2.38. The molecule has 0 amide bonds. The molecule has 1 aromatic rings. The molecule has 1 heterocycles. The second-order valence-corrected chi connectivity index (χ2v) is 4.53. The Kier molecular flexibility index (Phi) is 2.26. The quantitative estimate of drug-likeness (QED) is 0.797. The molecular weight excluding hydrogens is 182 g/mol. The highest BCUT2D eigenvalue weighted by atomic mass is 32.1. The fourth-order valence-electron chi connectivity index (χ4n) is 1.85. The zero-order valence-electron chi connectivity index (χ0n) is 7.86. The lowest BCUT2D eigenvalue weighted by molar-refractivity contribution is 0.246. The molecule has 1 aliphatic carbocycles. The summed E-state index contributed by atoms with van der Waals surface area (Å²) in [6.45, 7) is 0.739. The third-order valence-electron chi connectivity index (χ3n) is 3.08. The maximum Gasteiger partial charge on any atom is 0.185 e. The van der Waals surface area contributed by atoms with Crippen molar-refractivity contribution >= 4 is 16.5 Å². The van der Waals surface area contributed by atoms with Crippen LogP contribution in [0.4, 0.5) is 5.13 Å². The molecular formula is C9H15N3S. The van der Waals surface area contributed by atoms with Crippen LogP contribution in [-0.4, -0.2) is 24.1 Å². The van der Waals surface area contributed by atoms with Gasteiger partial charge in [-0.05, 0) is 19.3 Å². The van der Waals surface area contributed by atoms with E-state index in [-0.39, 0.29) is 5.54 Å². The van der Waals surface area contributed by atoms with Gasteiger partial charge in [0.2, 0.25) is 0 Å². The van der Waals surface area contributed by atoms with E-state index in [4.69, 9.17) is 5.73 Å². The number of nitrogens with two attached hydrogens (primary N) is 1. The molecule has 1 aliphatic rings. The van der Waals surface area contributed by atoms with E-state index in [1.54, 1.807) is 11.3 Å². The van der Waals surface area contributed by atoms with Crippen molar-refractivity contribution in [2.45, 2.75) is 24.8 Å². The molecule has 0 radical (unpaired) electrons. The summed E-state index contributed by atoms with van der Waals surface area (Å²) in [4.78, 5) is 6.55. The molecule has 0 atom stereocenters. The monoisotopic (exact) mass is 197 g/mol. The minimum absolute atomic E-state index is 0.206. The Hall–Kier alpha value is -0.610. The minimum atomic E-state index is 0.206. The van der Waals surface area contributed by atoms with E-state index in [1.807, 2.05) is 11.6 Å². The molecule has 1 fully saturated rings. The fourth-order valence-corrected chi connectivity index (χ4v) is 2.56. The van der Waals surface area contributed by atoms with Crippen LogP contribution in [0.2, 0.25) is 0 Å². The van der Waals surface area contributed by atoms with Gasteiger partial charge in [0.05, 0.1) is 5.54 Å². The Morgan fingerprint density at radius 3 is 2.85 bits per heavy atom. The zero-order valence-corrected chi connectivity index (χ0v) is 8.68. The zero-order chi connectivity index (χ0) is 9.31. The van der Waals surface area contributed by atoms with Gasteiger partial charge in [0, 0.05) is 25.2 Å². The summed E-state index contributed by atoms with van der Waals surface area (Å²) >= 11 is 1.68. The lowest BCUT2D eigenvalue weighted by Crippen LogP contribution is -2.57. The SMILES string of the molecule is CN(c1nccs1)C1(CN)CCC1. The highest BCUT2D eigenvalue weighted by Gasteiger charge is 2.40. The predicted molar refractivity (Wildman–Crippen MR) is 56.2 cm³/mol. The molecule has 0 unspecified atom stereocenters. The molecule has 0 aliphatic heterocycles. The molecule has 72 valence electrons. The topological polar surface area (TPSA) is 42.2 Å². The third kappa shape index (κ3) is 1.34. The van der Waals surface area contributed by atoms with Crippen LogP contribution >= 0.6 is 11.3 Å². The number of aromatic nitrogens is 1. The van der Waals surface area contributed by atoms with Crippen molar-refractivity contribution in [1.29, 1.82) is 0 Å². The molecule has 13 heavy (non-hydrogen) atoms. The molecule has 3 nitrogen and oxygen atoms in total. The summed E-state index contributed by atoms with van der Waals surface area (Å²) in [5.74, 6) is 0. The van der Waals surface area contributed by atoms with E-state index in [9.17, 15) is 0 Å². The number of hydrogen-bond donors (Lipinski definition) is 1. The van der Waals surface area contributed by atoms with Crippen LogP contribution in [0.5, 0.6) is 0 Å². The fraction of sp³-hybridized carbons (Fsp3) is 0.667. The average molecular weight is 197 g/mol. The van der Waals surface area contributed by atoms with Crippen LogP contribution in [0.1, 0.15) is 19.3 Å². The number of anilines is 1. The Balaban J connectivity index is 2.16. The van der Waals surface area contributed by atoms with Crippen molar-refractivity contribution < 1.29 is 0 Å². The van der Waals surface area contributed by atoms with Gasteiger partial charge in [0.1, 0.15) is 0 Å². The molecule has 2 N–H and O–H groups in total. The van der Waals surface area contributed by atoms with E-state index >= 15 is 0 Å². The van der Waals surface area contributed by atoms with Gasteiger partial charge >= 0.3 is 0 Å². The van der Waals surface area contributed by atoms with Crippen molar-refractivity contribution in [2.24, 2.45) is 5.73 Å². The Morgan fingerprint density at radius 2 is 2.46 bits per heavy atom.